The first-order chi connectivity index (χ1) is 17.5. The number of nitrogens with zero attached hydrogens (tertiary/aromatic N) is 2. The number of nitrogens with one attached hydrogen (secondary N) is 1. The highest BCUT2D eigenvalue weighted by Gasteiger charge is 2.18. The van der Waals surface area contributed by atoms with Gasteiger partial charge in [0, 0.05) is 48.5 Å². The van der Waals surface area contributed by atoms with Crippen LogP contribution in [-0.2, 0) is 28.9 Å². The van der Waals surface area contributed by atoms with Crippen molar-refractivity contribution >= 4 is 28.2 Å². The standard InChI is InChI=1S/C28H36N4O4/c1-4-21-19(18-32-10-12-34-13-11-32)8-7-9-23(21)31-28-20(14-27(29)33)17-30-24-16-26(36-6-3)25(35-5-2)15-22(24)28/h7-9,15-17H,4-6,10-14,18H2,1-3H3,(H2,29,33)(H,30,31). The third kappa shape index (κ3) is 5.88. The first-order valence-corrected chi connectivity index (χ1v) is 12.7. The number of nitrogens with two attached hydrogens (primary N) is 1. The van der Waals surface area contributed by atoms with Crippen molar-refractivity contribution < 1.29 is 19.0 Å². The topological polar surface area (TPSA) is 98.9 Å². The van der Waals surface area contributed by atoms with Gasteiger partial charge >= 0.3 is 0 Å². The maximum absolute atomic E-state index is 11.9. The molecule has 2 heterocycles. The largest absolute Gasteiger partial charge is 0.490 e. The summed E-state index contributed by atoms with van der Waals surface area (Å²) >= 11 is 0. The number of hydrogen-bond donors (Lipinski definition) is 2. The number of benzene rings is 2. The van der Waals surface area contributed by atoms with Crippen molar-refractivity contribution in [3.05, 3.63) is 53.2 Å². The lowest BCUT2D eigenvalue weighted by molar-refractivity contribution is -0.117. The molecule has 0 saturated carbocycles. The van der Waals surface area contributed by atoms with E-state index in [0.29, 0.717) is 24.7 Å². The van der Waals surface area contributed by atoms with Gasteiger partial charge in [-0.2, -0.15) is 0 Å². The molecule has 1 aromatic heterocycles. The van der Waals surface area contributed by atoms with Gasteiger partial charge in [-0.05, 0) is 43.5 Å². The molecular formula is C28H36N4O4. The van der Waals surface area contributed by atoms with E-state index in [1.54, 1.807) is 6.20 Å². The molecule has 0 atom stereocenters. The molecule has 0 bridgehead atoms. The minimum Gasteiger partial charge on any atom is -0.490 e. The lowest BCUT2D eigenvalue weighted by Crippen LogP contribution is -2.35. The molecule has 1 aliphatic rings. The number of morpholine rings is 1. The summed E-state index contributed by atoms with van der Waals surface area (Å²) in [5.41, 5.74) is 11.4. The molecule has 4 rings (SSSR count). The van der Waals surface area contributed by atoms with Crippen molar-refractivity contribution in [3.8, 4) is 11.5 Å². The van der Waals surface area contributed by atoms with Crippen LogP contribution in [-0.4, -0.2) is 55.3 Å². The first-order valence-electron chi connectivity index (χ1n) is 12.7. The summed E-state index contributed by atoms with van der Waals surface area (Å²) in [5.74, 6) is 0.881. The van der Waals surface area contributed by atoms with Gasteiger partial charge in [-0.1, -0.05) is 19.1 Å². The van der Waals surface area contributed by atoms with Crippen LogP contribution in [0.5, 0.6) is 11.5 Å². The third-order valence-corrected chi connectivity index (χ3v) is 6.36. The molecule has 0 unspecified atom stereocenters. The quantitative estimate of drug-likeness (QED) is 0.414. The minimum absolute atomic E-state index is 0.0807. The fraction of sp³-hybridized carbons (Fsp3) is 0.429. The van der Waals surface area contributed by atoms with Gasteiger partial charge in [-0.15, -0.1) is 0 Å². The average molecular weight is 493 g/mol. The lowest BCUT2D eigenvalue weighted by Gasteiger charge is -2.28. The lowest BCUT2D eigenvalue weighted by atomic mass is 10.0. The van der Waals surface area contributed by atoms with E-state index in [9.17, 15) is 4.79 Å². The molecule has 8 nitrogen and oxygen atoms in total. The summed E-state index contributed by atoms with van der Waals surface area (Å²) in [6.45, 7) is 11.3. The Balaban J connectivity index is 1.80. The fourth-order valence-electron chi connectivity index (χ4n) is 4.70. The molecular weight excluding hydrogens is 456 g/mol. The van der Waals surface area contributed by atoms with Gasteiger partial charge in [-0.3, -0.25) is 14.7 Å². The van der Waals surface area contributed by atoms with Crippen LogP contribution in [0.4, 0.5) is 11.4 Å². The second-order valence-corrected chi connectivity index (χ2v) is 8.79. The highest BCUT2D eigenvalue weighted by molar-refractivity contribution is 5.98. The van der Waals surface area contributed by atoms with Crippen LogP contribution >= 0.6 is 0 Å². The van der Waals surface area contributed by atoms with Gasteiger partial charge in [0.1, 0.15) is 0 Å². The van der Waals surface area contributed by atoms with Gasteiger partial charge in [0.25, 0.3) is 0 Å². The van der Waals surface area contributed by atoms with E-state index in [1.807, 2.05) is 26.0 Å². The summed E-state index contributed by atoms with van der Waals surface area (Å²) in [6, 6.07) is 10.2. The highest BCUT2D eigenvalue weighted by atomic mass is 16.5. The summed E-state index contributed by atoms with van der Waals surface area (Å²) < 4.78 is 17.2. The second kappa shape index (κ2) is 12.1. The molecule has 8 heteroatoms. The van der Waals surface area contributed by atoms with Gasteiger partial charge in [-0.25, -0.2) is 0 Å². The Labute approximate surface area is 212 Å². The molecule has 0 aliphatic carbocycles. The number of fused-ring (bicyclic) bond motifs is 1. The summed E-state index contributed by atoms with van der Waals surface area (Å²) in [7, 11) is 0. The molecule has 1 amide bonds. The van der Waals surface area contributed by atoms with Crippen molar-refractivity contribution in [1.82, 2.24) is 9.88 Å². The zero-order valence-corrected chi connectivity index (χ0v) is 21.4. The highest BCUT2D eigenvalue weighted by Crippen LogP contribution is 2.38. The first kappa shape index (κ1) is 25.7. The van der Waals surface area contributed by atoms with Crippen molar-refractivity contribution in [2.45, 2.75) is 40.2 Å². The van der Waals surface area contributed by atoms with Gasteiger partial charge < -0.3 is 25.3 Å². The van der Waals surface area contributed by atoms with Crippen LogP contribution in [0.2, 0.25) is 0 Å². The number of carbonyl (C=O) groups is 1. The third-order valence-electron chi connectivity index (χ3n) is 6.36. The van der Waals surface area contributed by atoms with Crippen molar-refractivity contribution in [1.29, 1.82) is 0 Å². The molecule has 0 spiro atoms. The average Bonchev–Trinajstić information content (AvgIpc) is 2.87. The van der Waals surface area contributed by atoms with E-state index in [2.05, 4.69) is 40.3 Å². The van der Waals surface area contributed by atoms with Gasteiger partial charge in [0.05, 0.1) is 44.1 Å². The maximum atomic E-state index is 11.9. The fourth-order valence-corrected chi connectivity index (χ4v) is 4.70. The molecule has 36 heavy (non-hydrogen) atoms. The second-order valence-electron chi connectivity index (χ2n) is 8.79. The number of hydrogen-bond acceptors (Lipinski definition) is 7. The zero-order chi connectivity index (χ0) is 25.5. The van der Waals surface area contributed by atoms with E-state index in [0.717, 1.165) is 67.1 Å². The van der Waals surface area contributed by atoms with Crippen molar-refractivity contribution in [3.63, 3.8) is 0 Å². The van der Waals surface area contributed by atoms with E-state index in [4.69, 9.17) is 19.9 Å². The SMILES string of the molecule is CCOc1cc2ncc(CC(N)=O)c(Nc3cccc(CN4CCOCC4)c3CC)c2cc1OCC. The van der Waals surface area contributed by atoms with Crippen LogP contribution < -0.4 is 20.5 Å². The molecule has 1 aliphatic heterocycles. The minimum atomic E-state index is -0.410. The van der Waals surface area contributed by atoms with Crippen LogP contribution in [0.1, 0.15) is 37.5 Å². The Hall–Kier alpha value is -3.36. The summed E-state index contributed by atoms with van der Waals surface area (Å²) in [6.07, 6.45) is 2.67. The van der Waals surface area contributed by atoms with E-state index in [1.165, 1.54) is 11.1 Å². The molecule has 0 radical (unpaired) electrons. The zero-order valence-electron chi connectivity index (χ0n) is 21.4. The number of rotatable bonds is 11. The van der Waals surface area contributed by atoms with E-state index >= 15 is 0 Å². The smallest absolute Gasteiger partial charge is 0.221 e. The Kier molecular flexibility index (Phi) is 8.61. The predicted molar refractivity (Wildman–Crippen MR) is 142 cm³/mol. The van der Waals surface area contributed by atoms with E-state index in [-0.39, 0.29) is 6.42 Å². The number of pyridine rings is 1. The summed E-state index contributed by atoms with van der Waals surface area (Å²) in [4.78, 5) is 19.0. The van der Waals surface area contributed by atoms with Crippen LogP contribution in [0.15, 0.2) is 36.5 Å². The van der Waals surface area contributed by atoms with Crippen LogP contribution in [0, 0.1) is 0 Å². The van der Waals surface area contributed by atoms with Crippen molar-refractivity contribution in [2.24, 2.45) is 5.73 Å². The van der Waals surface area contributed by atoms with Gasteiger partial charge in [0.15, 0.2) is 11.5 Å². The molecule has 3 aromatic rings. The Bertz CT molecular complexity index is 1210. The Morgan fingerprint density at radius 3 is 2.47 bits per heavy atom. The molecule has 2 aromatic carbocycles. The predicted octanol–water partition coefficient (Wildman–Crippen LogP) is 4.20. The Morgan fingerprint density at radius 1 is 1.08 bits per heavy atom. The number of primary amides is 1. The molecule has 1 saturated heterocycles. The maximum Gasteiger partial charge on any atom is 0.221 e. The van der Waals surface area contributed by atoms with Crippen LogP contribution in [0.25, 0.3) is 10.9 Å². The number of anilines is 2. The number of aromatic nitrogens is 1. The molecule has 1 fully saturated rings. The molecule has 192 valence electrons. The monoisotopic (exact) mass is 492 g/mol. The number of carbonyl (C=O) groups excluding carboxylic acids is 1. The molecule has 3 N–H and O–H groups in total. The van der Waals surface area contributed by atoms with Crippen molar-refractivity contribution in [2.75, 3.05) is 44.8 Å². The Morgan fingerprint density at radius 2 is 1.81 bits per heavy atom. The van der Waals surface area contributed by atoms with Gasteiger partial charge in [0.2, 0.25) is 5.91 Å². The summed E-state index contributed by atoms with van der Waals surface area (Å²) in [5, 5.41) is 4.50. The number of ether oxygens (including phenoxy) is 3. The normalized spacial score (nSPS) is 14.1. The van der Waals surface area contributed by atoms with Crippen LogP contribution in [0.3, 0.4) is 0 Å². The van der Waals surface area contributed by atoms with E-state index < -0.39 is 5.91 Å². The number of amides is 1.